The van der Waals surface area contributed by atoms with Crippen molar-refractivity contribution in [3.8, 4) is 0 Å². The van der Waals surface area contributed by atoms with Gasteiger partial charge < -0.3 is 10.1 Å². The molecule has 0 spiro atoms. The minimum Gasteiger partial charge on any atom is -0.379 e. The quantitative estimate of drug-likeness (QED) is 0.761. The molecule has 1 saturated carbocycles. The molecule has 0 bridgehead atoms. The van der Waals surface area contributed by atoms with E-state index in [1.165, 1.54) is 0 Å². The lowest BCUT2D eigenvalue weighted by molar-refractivity contribution is -0.146. The predicted molar refractivity (Wildman–Crippen MR) is 81.4 cm³/mol. The number of carbonyl (C=O) groups excluding carboxylic acids is 3. The Balaban J connectivity index is 1.88. The van der Waals surface area contributed by atoms with E-state index >= 15 is 0 Å². The number of nitrogens with one attached hydrogen (secondary N) is 1. The molecule has 22 heavy (non-hydrogen) atoms. The van der Waals surface area contributed by atoms with Crippen LogP contribution in [0.15, 0.2) is 0 Å². The molecule has 1 heterocycles. The summed E-state index contributed by atoms with van der Waals surface area (Å²) in [6.07, 6.45) is 0.573. The van der Waals surface area contributed by atoms with Crippen molar-refractivity contribution in [3.05, 3.63) is 0 Å². The van der Waals surface area contributed by atoms with E-state index in [4.69, 9.17) is 4.74 Å². The van der Waals surface area contributed by atoms with Crippen LogP contribution in [0.25, 0.3) is 0 Å². The zero-order valence-corrected chi connectivity index (χ0v) is 13.7. The van der Waals surface area contributed by atoms with Gasteiger partial charge in [0.1, 0.15) is 0 Å². The molecule has 1 unspecified atom stereocenters. The van der Waals surface area contributed by atoms with Crippen LogP contribution in [0.4, 0.5) is 0 Å². The molecule has 6 nitrogen and oxygen atoms in total. The topological polar surface area (TPSA) is 75.7 Å². The van der Waals surface area contributed by atoms with Crippen molar-refractivity contribution in [2.24, 2.45) is 11.3 Å². The first kappa shape index (κ1) is 17.1. The van der Waals surface area contributed by atoms with Gasteiger partial charge in [-0.15, -0.1) is 0 Å². The summed E-state index contributed by atoms with van der Waals surface area (Å²) in [6, 6.07) is -0.0962. The zero-order chi connectivity index (χ0) is 16.3. The number of ether oxygens (including phenoxy) is 1. The third kappa shape index (κ3) is 4.36. The maximum atomic E-state index is 12.3. The molecule has 2 fully saturated rings. The number of Topliss-reactive ketones (excluding diaryl/α,β-unsaturated/α-hetero) is 2. The van der Waals surface area contributed by atoms with Gasteiger partial charge in [-0.25, -0.2) is 0 Å². The largest absolute Gasteiger partial charge is 0.379 e. The molecule has 1 aliphatic carbocycles. The van der Waals surface area contributed by atoms with Crippen molar-refractivity contribution in [1.82, 2.24) is 10.2 Å². The number of nitrogens with zero attached hydrogens (tertiary/aromatic N) is 1. The Kier molecular flexibility index (Phi) is 5.34. The average Bonchev–Trinajstić information content (AvgIpc) is 2.36. The van der Waals surface area contributed by atoms with Gasteiger partial charge in [0.2, 0.25) is 5.91 Å². The Bertz CT molecular complexity index is 435. The van der Waals surface area contributed by atoms with E-state index < -0.39 is 11.8 Å². The van der Waals surface area contributed by atoms with Crippen molar-refractivity contribution < 1.29 is 19.1 Å². The van der Waals surface area contributed by atoms with E-state index in [1.807, 2.05) is 20.8 Å². The number of morpholine rings is 1. The highest BCUT2D eigenvalue weighted by Crippen LogP contribution is 2.33. The molecule has 2 rings (SSSR count). The summed E-state index contributed by atoms with van der Waals surface area (Å²) in [5, 5.41) is 2.82. The van der Waals surface area contributed by atoms with Gasteiger partial charge in [0, 0.05) is 38.5 Å². The molecule has 1 aliphatic heterocycles. The lowest BCUT2D eigenvalue weighted by Crippen LogP contribution is -2.51. The summed E-state index contributed by atoms with van der Waals surface area (Å²) in [5.41, 5.74) is -0.329. The maximum absolute atomic E-state index is 12.3. The molecule has 2 aliphatic rings. The third-order valence-electron chi connectivity index (χ3n) is 4.24. The van der Waals surface area contributed by atoms with Crippen LogP contribution >= 0.6 is 0 Å². The van der Waals surface area contributed by atoms with Crippen LogP contribution in [0.5, 0.6) is 0 Å². The average molecular weight is 310 g/mol. The molecule has 1 amide bonds. The molecule has 1 N–H and O–H groups in total. The predicted octanol–water partition coefficient (Wildman–Crippen LogP) is 0.398. The maximum Gasteiger partial charge on any atom is 0.238 e. The minimum absolute atomic E-state index is 0.0962. The fraction of sp³-hybridized carbons (Fsp3) is 0.812. The first-order valence-electron chi connectivity index (χ1n) is 7.94. The summed E-state index contributed by atoms with van der Waals surface area (Å²) in [5.74, 6) is -2.05. The van der Waals surface area contributed by atoms with Crippen molar-refractivity contribution >= 4 is 17.5 Å². The Labute approximate surface area is 131 Å². The van der Waals surface area contributed by atoms with Gasteiger partial charge in [-0.3, -0.25) is 19.3 Å². The molecular formula is C16H26N2O4. The molecule has 1 saturated heterocycles. The van der Waals surface area contributed by atoms with Gasteiger partial charge in [0.15, 0.2) is 17.5 Å². The fourth-order valence-corrected chi connectivity index (χ4v) is 3.22. The molecule has 6 heteroatoms. The number of hydrogen-bond donors (Lipinski definition) is 1. The second-order valence-electron chi connectivity index (χ2n) is 7.21. The van der Waals surface area contributed by atoms with Gasteiger partial charge in [-0.1, -0.05) is 13.8 Å². The van der Waals surface area contributed by atoms with E-state index in [2.05, 4.69) is 10.2 Å². The van der Waals surface area contributed by atoms with Crippen LogP contribution in [0.2, 0.25) is 0 Å². The highest BCUT2D eigenvalue weighted by molar-refractivity contribution is 6.20. The number of carbonyl (C=O) groups is 3. The Morgan fingerprint density at radius 3 is 2.36 bits per heavy atom. The normalized spacial score (nSPS) is 25.0. The zero-order valence-electron chi connectivity index (χ0n) is 13.7. The van der Waals surface area contributed by atoms with Crippen molar-refractivity contribution in [3.63, 3.8) is 0 Å². The first-order chi connectivity index (χ1) is 10.3. The molecule has 0 radical (unpaired) electrons. The van der Waals surface area contributed by atoms with Crippen LogP contribution in [0.1, 0.15) is 33.6 Å². The van der Waals surface area contributed by atoms with Crippen LogP contribution in [-0.4, -0.2) is 61.3 Å². The van der Waals surface area contributed by atoms with Crippen molar-refractivity contribution in [1.29, 1.82) is 0 Å². The summed E-state index contributed by atoms with van der Waals surface area (Å²) < 4.78 is 5.29. The van der Waals surface area contributed by atoms with E-state index in [-0.39, 0.29) is 35.9 Å². The monoisotopic (exact) mass is 310 g/mol. The Morgan fingerprint density at radius 2 is 1.82 bits per heavy atom. The third-order valence-corrected chi connectivity index (χ3v) is 4.24. The number of rotatable bonds is 4. The lowest BCUT2D eigenvalue weighted by atomic mass is 9.71. The summed E-state index contributed by atoms with van der Waals surface area (Å²) in [6.45, 7) is 9.47. The summed E-state index contributed by atoms with van der Waals surface area (Å²) in [4.78, 5) is 38.7. The number of ketones is 2. The van der Waals surface area contributed by atoms with Crippen LogP contribution in [0, 0.1) is 11.3 Å². The Morgan fingerprint density at radius 1 is 1.27 bits per heavy atom. The SMILES string of the molecule is CC(CN1CCOCC1)NC(=O)C1C(=O)CC(C)(C)CC1=O. The van der Waals surface area contributed by atoms with Crippen molar-refractivity contribution in [2.75, 3.05) is 32.8 Å². The van der Waals surface area contributed by atoms with Crippen LogP contribution in [0.3, 0.4) is 0 Å². The minimum atomic E-state index is -1.11. The second kappa shape index (κ2) is 6.87. The highest BCUT2D eigenvalue weighted by Gasteiger charge is 2.43. The highest BCUT2D eigenvalue weighted by atomic mass is 16.5. The second-order valence-corrected chi connectivity index (χ2v) is 7.21. The first-order valence-corrected chi connectivity index (χ1v) is 7.94. The smallest absolute Gasteiger partial charge is 0.238 e. The van der Waals surface area contributed by atoms with Crippen LogP contribution < -0.4 is 5.32 Å². The summed E-state index contributed by atoms with van der Waals surface area (Å²) in [7, 11) is 0. The molecule has 0 aromatic heterocycles. The van der Waals surface area contributed by atoms with Gasteiger partial charge in [0.05, 0.1) is 13.2 Å². The van der Waals surface area contributed by atoms with Gasteiger partial charge >= 0.3 is 0 Å². The molecular weight excluding hydrogens is 284 g/mol. The lowest BCUT2D eigenvalue weighted by Gasteiger charge is -2.33. The number of amides is 1. The number of hydrogen-bond acceptors (Lipinski definition) is 5. The molecule has 1 atom stereocenters. The molecule has 0 aromatic rings. The van der Waals surface area contributed by atoms with Gasteiger partial charge in [0.25, 0.3) is 0 Å². The molecule has 0 aromatic carbocycles. The van der Waals surface area contributed by atoms with Crippen molar-refractivity contribution in [2.45, 2.75) is 39.7 Å². The van der Waals surface area contributed by atoms with Crippen LogP contribution in [-0.2, 0) is 19.1 Å². The van der Waals surface area contributed by atoms with Gasteiger partial charge in [-0.2, -0.15) is 0 Å². The van der Waals surface area contributed by atoms with E-state index in [0.717, 1.165) is 13.1 Å². The molecule has 124 valence electrons. The fourth-order valence-electron chi connectivity index (χ4n) is 3.22. The standard InChI is InChI=1S/C16H26N2O4/c1-11(10-18-4-6-22-7-5-18)17-15(21)14-12(19)8-16(2,3)9-13(14)20/h11,14H,4-10H2,1-3H3,(H,17,21). The van der Waals surface area contributed by atoms with E-state index in [9.17, 15) is 14.4 Å². The van der Waals surface area contributed by atoms with E-state index in [0.29, 0.717) is 19.8 Å². The Hall–Kier alpha value is -1.27. The van der Waals surface area contributed by atoms with Gasteiger partial charge in [-0.05, 0) is 12.3 Å². The van der Waals surface area contributed by atoms with E-state index in [1.54, 1.807) is 0 Å². The summed E-state index contributed by atoms with van der Waals surface area (Å²) >= 11 is 0.